The zero-order valence-electron chi connectivity index (χ0n) is 22.8. The van der Waals surface area contributed by atoms with Gasteiger partial charge in [-0.1, -0.05) is 91.0 Å². The van der Waals surface area contributed by atoms with E-state index in [1.807, 2.05) is 30.3 Å². The van der Waals surface area contributed by atoms with Gasteiger partial charge in [-0.25, -0.2) is 15.0 Å². The normalized spacial score (nSPS) is 11.7. The first-order valence-corrected chi connectivity index (χ1v) is 14.8. The molecule has 4 aromatic heterocycles. The van der Waals surface area contributed by atoms with Gasteiger partial charge in [-0.05, 0) is 36.4 Å². The van der Waals surface area contributed by atoms with Crippen molar-refractivity contribution in [3.63, 3.8) is 0 Å². The van der Waals surface area contributed by atoms with Gasteiger partial charge in [0.25, 0.3) is 0 Å². The second-order valence-corrected chi connectivity index (χ2v) is 11.2. The van der Waals surface area contributed by atoms with Gasteiger partial charge in [0.1, 0.15) is 11.0 Å². The second-order valence-electron chi connectivity index (χ2n) is 10.6. The number of hydrogen-bond acceptors (Lipinski definition) is 6. The van der Waals surface area contributed by atoms with Crippen molar-refractivity contribution in [2.45, 2.75) is 0 Å². The lowest BCUT2D eigenvalue weighted by molar-refractivity contribution is 1.36. The van der Waals surface area contributed by atoms with Gasteiger partial charge in [-0.15, -0.1) is 0 Å². The van der Waals surface area contributed by atoms with E-state index in [4.69, 9.17) is 15.0 Å². The van der Waals surface area contributed by atoms with Crippen LogP contribution in [0.3, 0.4) is 0 Å². The zero-order chi connectivity index (χ0) is 28.3. The van der Waals surface area contributed by atoms with Gasteiger partial charge in [0.05, 0.1) is 45.4 Å². The molecule has 0 aliphatic carbocycles. The molecule has 4 heterocycles. The molecule has 0 atom stereocenters. The summed E-state index contributed by atoms with van der Waals surface area (Å²) in [5.41, 5.74) is 10.5. The van der Waals surface area contributed by atoms with Crippen LogP contribution >= 0.6 is 11.7 Å². The molecule has 0 spiro atoms. The number of rotatable bonds is 3. The number of nitrogens with zero attached hydrogens (tertiary/aromatic N) is 5. The summed E-state index contributed by atoms with van der Waals surface area (Å²) in [4.78, 5) is 15.4. The van der Waals surface area contributed by atoms with Crippen molar-refractivity contribution in [1.82, 2.24) is 23.7 Å². The lowest BCUT2D eigenvalue weighted by atomic mass is 9.97. The highest BCUT2D eigenvalue weighted by molar-refractivity contribution is 7.00. The molecule has 9 aromatic rings. The van der Waals surface area contributed by atoms with E-state index in [1.54, 1.807) is 0 Å². The van der Waals surface area contributed by atoms with Crippen molar-refractivity contribution >= 4 is 66.2 Å². The molecule has 0 saturated heterocycles. The number of benzene rings is 5. The molecular formula is C37H21N5S. The fourth-order valence-corrected chi connectivity index (χ4v) is 6.57. The minimum atomic E-state index is 0.893. The van der Waals surface area contributed by atoms with Gasteiger partial charge < -0.3 is 0 Å². The summed E-state index contributed by atoms with van der Waals surface area (Å²) in [6.07, 6.45) is 0. The maximum atomic E-state index is 5.19. The lowest BCUT2D eigenvalue weighted by Gasteiger charge is -2.12. The summed E-state index contributed by atoms with van der Waals surface area (Å²) < 4.78 is 9.16. The van der Waals surface area contributed by atoms with Crippen LogP contribution in [-0.2, 0) is 0 Å². The Morgan fingerprint density at radius 3 is 1.91 bits per heavy atom. The van der Waals surface area contributed by atoms with Crippen LogP contribution in [0.5, 0.6) is 0 Å². The molecule has 9 rings (SSSR count). The minimum Gasteiger partial charge on any atom is -0.247 e. The van der Waals surface area contributed by atoms with E-state index >= 15 is 0 Å². The van der Waals surface area contributed by atoms with Gasteiger partial charge >= 0.3 is 0 Å². The standard InChI is InChI=1S/C37H21N5S/c1-2-7-22(8-3-1)29-18-15-23-13-14-24-16-19-30(39-36(24)35(23)38-29)25-9-6-10-26(21-25)34-28-17-20-32-37(42-43-41-32)33(28)27-11-4-5-12-31(27)40-34/h1-21H. The molecule has 43 heavy (non-hydrogen) atoms. The Hall–Kier alpha value is -5.59. The molecule has 0 saturated carbocycles. The van der Waals surface area contributed by atoms with Crippen molar-refractivity contribution in [2.75, 3.05) is 0 Å². The molecule has 5 nitrogen and oxygen atoms in total. The van der Waals surface area contributed by atoms with Gasteiger partial charge in [-0.3, -0.25) is 0 Å². The summed E-state index contributed by atoms with van der Waals surface area (Å²) in [5.74, 6) is 0. The number of aromatic nitrogens is 5. The van der Waals surface area contributed by atoms with Crippen LogP contribution in [0.2, 0.25) is 0 Å². The van der Waals surface area contributed by atoms with Crippen LogP contribution in [-0.4, -0.2) is 23.7 Å². The van der Waals surface area contributed by atoms with Crippen LogP contribution in [0.4, 0.5) is 0 Å². The monoisotopic (exact) mass is 567 g/mol. The first-order chi connectivity index (χ1) is 21.3. The number of fused-ring (bicyclic) bond motifs is 8. The van der Waals surface area contributed by atoms with E-state index < -0.39 is 0 Å². The molecule has 200 valence electrons. The van der Waals surface area contributed by atoms with Crippen LogP contribution in [0.25, 0.3) is 88.3 Å². The molecule has 5 aromatic carbocycles. The van der Waals surface area contributed by atoms with Crippen molar-refractivity contribution < 1.29 is 0 Å². The maximum Gasteiger partial charge on any atom is 0.113 e. The van der Waals surface area contributed by atoms with Gasteiger partial charge in [0, 0.05) is 43.6 Å². The van der Waals surface area contributed by atoms with Crippen LogP contribution in [0.1, 0.15) is 0 Å². The highest BCUT2D eigenvalue weighted by atomic mass is 32.1. The molecule has 6 heteroatoms. The molecule has 0 amide bonds. The minimum absolute atomic E-state index is 0.893. The van der Waals surface area contributed by atoms with Crippen molar-refractivity contribution in [2.24, 2.45) is 0 Å². The third kappa shape index (κ3) is 3.88. The summed E-state index contributed by atoms with van der Waals surface area (Å²) in [5, 5.41) is 5.37. The Morgan fingerprint density at radius 1 is 0.419 bits per heavy atom. The molecule has 0 fully saturated rings. The molecule has 0 bridgehead atoms. The first kappa shape index (κ1) is 24.1. The highest BCUT2D eigenvalue weighted by Crippen LogP contribution is 2.37. The van der Waals surface area contributed by atoms with E-state index in [2.05, 4.69) is 106 Å². The maximum absolute atomic E-state index is 5.19. The Labute approximate surface area is 250 Å². The van der Waals surface area contributed by atoms with Crippen LogP contribution in [0, 0.1) is 0 Å². The fraction of sp³-hybridized carbons (Fsp3) is 0. The summed E-state index contributed by atoms with van der Waals surface area (Å²) >= 11 is 1.24. The fourth-order valence-electron chi connectivity index (χ4n) is 6.03. The quantitative estimate of drug-likeness (QED) is 0.199. The van der Waals surface area contributed by atoms with E-state index in [9.17, 15) is 0 Å². The summed E-state index contributed by atoms with van der Waals surface area (Å²) in [6.45, 7) is 0. The highest BCUT2D eigenvalue weighted by Gasteiger charge is 2.16. The average Bonchev–Trinajstić information content (AvgIpc) is 3.57. The van der Waals surface area contributed by atoms with Crippen molar-refractivity contribution in [3.05, 3.63) is 127 Å². The van der Waals surface area contributed by atoms with Crippen LogP contribution in [0.15, 0.2) is 127 Å². The van der Waals surface area contributed by atoms with Gasteiger partial charge in [0.15, 0.2) is 0 Å². The molecule has 0 radical (unpaired) electrons. The SMILES string of the molecule is c1ccc(-c2ccc3ccc4ccc(-c5cccc(-c6nc7ccccc7c7c6ccc6nsnc67)c5)nc4c3n2)cc1. The largest absolute Gasteiger partial charge is 0.247 e. The number of para-hydroxylation sites is 1. The number of pyridine rings is 3. The molecule has 0 aliphatic rings. The Bertz CT molecular complexity index is 2520. The predicted molar refractivity (Wildman–Crippen MR) is 177 cm³/mol. The van der Waals surface area contributed by atoms with Crippen LogP contribution < -0.4 is 0 Å². The predicted octanol–water partition coefficient (Wildman–Crippen LogP) is 9.49. The van der Waals surface area contributed by atoms with Crippen molar-refractivity contribution in [3.8, 4) is 33.8 Å². The van der Waals surface area contributed by atoms with E-state index in [1.165, 1.54) is 11.7 Å². The van der Waals surface area contributed by atoms with E-state index in [0.29, 0.717) is 0 Å². The van der Waals surface area contributed by atoms with E-state index in [0.717, 1.165) is 88.3 Å². The van der Waals surface area contributed by atoms with Gasteiger partial charge in [-0.2, -0.15) is 8.75 Å². The van der Waals surface area contributed by atoms with Crippen molar-refractivity contribution in [1.29, 1.82) is 0 Å². The molecule has 0 unspecified atom stereocenters. The Morgan fingerprint density at radius 2 is 1.09 bits per heavy atom. The molecule has 0 N–H and O–H groups in total. The third-order valence-electron chi connectivity index (χ3n) is 8.11. The Kier molecular flexibility index (Phi) is 5.30. The second kappa shape index (κ2) is 9.48. The zero-order valence-corrected chi connectivity index (χ0v) is 23.6. The average molecular weight is 568 g/mol. The molecule has 0 aliphatic heterocycles. The summed E-state index contributed by atoms with van der Waals surface area (Å²) in [6, 6.07) is 43.9. The molecular weight excluding hydrogens is 547 g/mol. The number of hydrogen-bond donors (Lipinski definition) is 0. The Balaban J connectivity index is 1.23. The lowest BCUT2D eigenvalue weighted by Crippen LogP contribution is -1.93. The third-order valence-corrected chi connectivity index (χ3v) is 8.65. The van der Waals surface area contributed by atoms with Gasteiger partial charge in [0.2, 0.25) is 0 Å². The van der Waals surface area contributed by atoms with E-state index in [-0.39, 0.29) is 0 Å². The topological polar surface area (TPSA) is 64.5 Å². The summed E-state index contributed by atoms with van der Waals surface area (Å²) in [7, 11) is 0. The first-order valence-electron chi connectivity index (χ1n) is 14.1. The smallest absolute Gasteiger partial charge is 0.113 e.